The van der Waals surface area contributed by atoms with Crippen LogP contribution < -0.4 is 20.7 Å². The smallest absolute Gasteiger partial charge is 0.319 e. The van der Waals surface area contributed by atoms with Gasteiger partial charge in [0.25, 0.3) is 0 Å². The SMILES string of the molecule is CC(C)C(=O)Nc1cccc(NC(=O)NCc2cccc(OCc3ccccn3)c2)c1. The van der Waals surface area contributed by atoms with Crippen LogP contribution in [0, 0.1) is 5.92 Å². The van der Waals surface area contributed by atoms with Crippen molar-refractivity contribution in [3.05, 3.63) is 84.2 Å². The van der Waals surface area contributed by atoms with E-state index >= 15 is 0 Å². The Morgan fingerprint density at radius 1 is 0.935 bits per heavy atom. The number of nitrogens with zero attached hydrogens (tertiary/aromatic N) is 1. The number of anilines is 2. The fourth-order valence-corrected chi connectivity index (χ4v) is 2.70. The molecule has 0 saturated carbocycles. The predicted molar refractivity (Wildman–Crippen MR) is 121 cm³/mol. The summed E-state index contributed by atoms with van der Waals surface area (Å²) in [4.78, 5) is 28.3. The minimum absolute atomic E-state index is 0.0771. The molecule has 3 amide bonds. The first kappa shape index (κ1) is 21.8. The summed E-state index contributed by atoms with van der Waals surface area (Å²) in [5.74, 6) is 0.509. The van der Waals surface area contributed by atoms with Gasteiger partial charge in [0.2, 0.25) is 5.91 Å². The summed E-state index contributed by atoms with van der Waals surface area (Å²) in [6.07, 6.45) is 1.73. The number of pyridine rings is 1. The van der Waals surface area contributed by atoms with Gasteiger partial charge in [0.1, 0.15) is 12.4 Å². The Kier molecular flexibility index (Phi) is 7.59. The lowest BCUT2D eigenvalue weighted by Gasteiger charge is -2.11. The third-order valence-electron chi connectivity index (χ3n) is 4.38. The molecule has 0 aliphatic heterocycles. The number of rotatable bonds is 8. The number of amides is 3. The zero-order valence-electron chi connectivity index (χ0n) is 17.6. The van der Waals surface area contributed by atoms with Crippen molar-refractivity contribution >= 4 is 23.3 Å². The second-order valence-corrected chi connectivity index (χ2v) is 7.29. The Balaban J connectivity index is 1.50. The van der Waals surface area contributed by atoms with E-state index in [0.29, 0.717) is 30.3 Å². The average Bonchev–Trinajstić information content (AvgIpc) is 2.77. The van der Waals surface area contributed by atoms with Gasteiger partial charge in [-0.05, 0) is 48.0 Å². The molecule has 3 aromatic rings. The van der Waals surface area contributed by atoms with E-state index in [1.54, 1.807) is 30.5 Å². The van der Waals surface area contributed by atoms with Gasteiger partial charge in [-0.2, -0.15) is 0 Å². The van der Waals surface area contributed by atoms with Crippen LogP contribution in [0.3, 0.4) is 0 Å². The fraction of sp³-hybridized carbons (Fsp3) is 0.208. The van der Waals surface area contributed by atoms with Crippen molar-refractivity contribution in [3.8, 4) is 5.75 Å². The van der Waals surface area contributed by atoms with Gasteiger partial charge in [-0.3, -0.25) is 9.78 Å². The lowest BCUT2D eigenvalue weighted by atomic mass is 10.2. The maximum absolute atomic E-state index is 12.3. The van der Waals surface area contributed by atoms with Crippen LogP contribution in [-0.4, -0.2) is 16.9 Å². The quantitative estimate of drug-likeness (QED) is 0.499. The van der Waals surface area contributed by atoms with Crippen molar-refractivity contribution in [2.75, 3.05) is 10.6 Å². The molecule has 0 aliphatic carbocycles. The van der Waals surface area contributed by atoms with E-state index < -0.39 is 0 Å². The van der Waals surface area contributed by atoms with Crippen molar-refractivity contribution < 1.29 is 14.3 Å². The standard InChI is InChI=1S/C24H26N4O3/c1-17(2)23(29)27-19-9-6-10-20(14-19)28-24(30)26-15-18-7-5-11-22(13-18)31-16-21-8-3-4-12-25-21/h3-14,17H,15-16H2,1-2H3,(H,27,29)(H2,26,28,30). The number of aromatic nitrogens is 1. The first-order valence-corrected chi connectivity index (χ1v) is 10.1. The average molecular weight is 418 g/mol. The molecule has 3 N–H and O–H groups in total. The lowest BCUT2D eigenvalue weighted by Crippen LogP contribution is -2.28. The van der Waals surface area contributed by atoms with Gasteiger partial charge < -0.3 is 20.7 Å². The zero-order chi connectivity index (χ0) is 22.1. The number of carbonyl (C=O) groups is 2. The van der Waals surface area contributed by atoms with Crippen LogP contribution in [0.15, 0.2) is 72.9 Å². The Bertz CT molecular complexity index is 1020. The molecule has 7 nitrogen and oxygen atoms in total. The lowest BCUT2D eigenvalue weighted by molar-refractivity contribution is -0.118. The normalized spacial score (nSPS) is 10.4. The molecule has 0 bridgehead atoms. The highest BCUT2D eigenvalue weighted by Gasteiger charge is 2.08. The number of benzene rings is 2. The molecule has 31 heavy (non-hydrogen) atoms. The molecular weight excluding hydrogens is 392 g/mol. The number of ether oxygens (including phenoxy) is 1. The van der Waals surface area contributed by atoms with Crippen molar-refractivity contribution in [3.63, 3.8) is 0 Å². The maximum atomic E-state index is 12.3. The molecular formula is C24H26N4O3. The minimum atomic E-state index is -0.341. The van der Waals surface area contributed by atoms with Crippen molar-refractivity contribution in [1.82, 2.24) is 10.3 Å². The molecule has 0 unspecified atom stereocenters. The summed E-state index contributed by atoms with van der Waals surface area (Å²) in [7, 11) is 0. The molecule has 0 atom stereocenters. The molecule has 0 aliphatic rings. The highest BCUT2D eigenvalue weighted by atomic mass is 16.5. The number of hydrogen-bond acceptors (Lipinski definition) is 4. The van der Waals surface area contributed by atoms with E-state index in [9.17, 15) is 9.59 Å². The van der Waals surface area contributed by atoms with Gasteiger partial charge in [0, 0.05) is 30.0 Å². The summed E-state index contributed by atoms with van der Waals surface area (Å²) in [5, 5.41) is 8.41. The summed E-state index contributed by atoms with van der Waals surface area (Å²) >= 11 is 0. The summed E-state index contributed by atoms with van der Waals surface area (Å²) in [6, 6.07) is 19.9. The minimum Gasteiger partial charge on any atom is -0.487 e. The van der Waals surface area contributed by atoms with E-state index in [2.05, 4.69) is 20.9 Å². The van der Waals surface area contributed by atoms with Gasteiger partial charge in [0.15, 0.2) is 0 Å². The van der Waals surface area contributed by atoms with E-state index in [0.717, 1.165) is 11.3 Å². The van der Waals surface area contributed by atoms with Gasteiger partial charge in [-0.25, -0.2) is 4.79 Å². The van der Waals surface area contributed by atoms with Crippen LogP contribution >= 0.6 is 0 Å². The van der Waals surface area contributed by atoms with Crippen molar-refractivity contribution in [2.45, 2.75) is 27.0 Å². The first-order chi connectivity index (χ1) is 15.0. The highest BCUT2D eigenvalue weighted by Crippen LogP contribution is 2.17. The zero-order valence-corrected chi connectivity index (χ0v) is 17.6. The second kappa shape index (κ2) is 10.8. The van der Waals surface area contributed by atoms with Crippen molar-refractivity contribution in [2.24, 2.45) is 5.92 Å². The van der Waals surface area contributed by atoms with Crippen LogP contribution in [0.2, 0.25) is 0 Å². The van der Waals surface area contributed by atoms with Gasteiger partial charge in [-0.15, -0.1) is 0 Å². The summed E-state index contributed by atoms with van der Waals surface area (Å²) in [5.41, 5.74) is 2.98. The summed E-state index contributed by atoms with van der Waals surface area (Å²) in [6.45, 7) is 4.37. The monoisotopic (exact) mass is 418 g/mol. The third kappa shape index (κ3) is 7.15. The molecule has 160 valence electrons. The van der Waals surface area contributed by atoms with E-state index in [4.69, 9.17) is 4.74 Å². The topological polar surface area (TPSA) is 92.4 Å². The van der Waals surface area contributed by atoms with E-state index in [-0.39, 0.29) is 17.9 Å². The molecule has 0 saturated heterocycles. The predicted octanol–water partition coefficient (Wildman–Crippen LogP) is 4.58. The molecule has 1 aromatic heterocycles. The Morgan fingerprint density at radius 2 is 1.71 bits per heavy atom. The molecule has 1 heterocycles. The van der Waals surface area contributed by atoms with Crippen LogP contribution in [0.4, 0.5) is 16.2 Å². The van der Waals surface area contributed by atoms with Gasteiger partial charge in [-0.1, -0.05) is 38.1 Å². The second-order valence-electron chi connectivity index (χ2n) is 7.29. The van der Waals surface area contributed by atoms with Crippen LogP contribution in [0.1, 0.15) is 25.1 Å². The highest BCUT2D eigenvalue weighted by molar-refractivity contribution is 5.94. The van der Waals surface area contributed by atoms with Gasteiger partial charge >= 0.3 is 6.03 Å². The first-order valence-electron chi connectivity index (χ1n) is 10.1. The van der Waals surface area contributed by atoms with Crippen LogP contribution in [-0.2, 0) is 17.9 Å². The maximum Gasteiger partial charge on any atom is 0.319 e. The van der Waals surface area contributed by atoms with E-state index in [1.807, 2.05) is 56.3 Å². The number of carbonyl (C=O) groups excluding carboxylic acids is 2. The van der Waals surface area contributed by atoms with Gasteiger partial charge in [0.05, 0.1) is 5.69 Å². The largest absolute Gasteiger partial charge is 0.487 e. The molecule has 0 radical (unpaired) electrons. The molecule has 0 fully saturated rings. The molecule has 7 heteroatoms. The number of nitrogens with one attached hydrogen (secondary N) is 3. The Hall–Kier alpha value is -3.87. The van der Waals surface area contributed by atoms with E-state index in [1.165, 1.54) is 0 Å². The molecule has 2 aromatic carbocycles. The molecule has 0 spiro atoms. The fourth-order valence-electron chi connectivity index (χ4n) is 2.70. The van der Waals surface area contributed by atoms with Crippen molar-refractivity contribution in [1.29, 1.82) is 0 Å². The Labute approximate surface area is 181 Å². The third-order valence-corrected chi connectivity index (χ3v) is 4.38. The van der Waals surface area contributed by atoms with Crippen LogP contribution in [0.5, 0.6) is 5.75 Å². The number of urea groups is 1. The summed E-state index contributed by atoms with van der Waals surface area (Å²) < 4.78 is 5.77. The molecule has 3 rings (SSSR count). The Morgan fingerprint density at radius 3 is 2.45 bits per heavy atom. The number of hydrogen-bond donors (Lipinski definition) is 3. The van der Waals surface area contributed by atoms with Crippen LogP contribution in [0.25, 0.3) is 0 Å².